The van der Waals surface area contributed by atoms with Gasteiger partial charge in [0.25, 0.3) is 0 Å². The van der Waals surface area contributed by atoms with Crippen molar-refractivity contribution in [3.63, 3.8) is 0 Å². The van der Waals surface area contributed by atoms with Crippen molar-refractivity contribution >= 4 is 23.2 Å². The molecule has 19 heavy (non-hydrogen) atoms. The lowest BCUT2D eigenvalue weighted by Gasteiger charge is -2.08. The van der Waals surface area contributed by atoms with Crippen molar-refractivity contribution in [2.75, 3.05) is 16.4 Å². The van der Waals surface area contributed by atoms with Gasteiger partial charge < -0.3 is 11.1 Å². The summed E-state index contributed by atoms with van der Waals surface area (Å²) in [4.78, 5) is 15.8. The van der Waals surface area contributed by atoms with Crippen LogP contribution in [0.3, 0.4) is 0 Å². The van der Waals surface area contributed by atoms with Crippen molar-refractivity contribution in [2.45, 2.75) is 13.8 Å². The molecule has 1 aromatic carbocycles. The lowest BCUT2D eigenvalue weighted by atomic mass is 10.2. The highest BCUT2D eigenvalue weighted by atomic mass is 16.2. The number of urea groups is 1. The zero-order valence-corrected chi connectivity index (χ0v) is 10.9. The highest BCUT2D eigenvalue weighted by molar-refractivity contribution is 5.99. The normalized spacial score (nSPS) is 10.0. The van der Waals surface area contributed by atoms with Crippen LogP contribution < -0.4 is 16.4 Å². The van der Waals surface area contributed by atoms with Gasteiger partial charge in [-0.25, -0.2) is 9.78 Å². The van der Waals surface area contributed by atoms with E-state index in [-0.39, 0.29) is 6.03 Å². The molecule has 0 spiro atoms. The van der Waals surface area contributed by atoms with E-state index in [1.54, 1.807) is 6.07 Å². The first-order valence-electron chi connectivity index (χ1n) is 5.91. The van der Waals surface area contributed by atoms with Crippen LogP contribution in [0.25, 0.3) is 0 Å². The number of nitrogens with two attached hydrogens (primary N) is 1. The molecule has 5 nitrogen and oxygen atoms in total. The molecule has 5 heteroatoms. The Balaban J connectivity index is 2.01. The summed E-state index contributed by atoms with van der Waals surface area (Å²) in [5.41, 5.74) is 9.02. The highest BCUT2D eigenvalue weighted by Gasteiger charge is 2.04. The van der Waals surface area contributed by atoms with Gasteiger partial charge in [0.2, 0.25) is 0 Å². The summed E-state index contributed by atoms with van der Waals surface area (Å²) >= 11 is 0. The number of nitrogens with zero attached hydrogens (tertiary/aromatic N) is 1. The number of anilines is 3. The number of benzene rings is 1. The summed E-state index contributed by atoms with van der Waals surface area (Å²) in [6.07, 6.45) is 1.52. The predicted octanol–water partition coefficient (Wildman–Crippen LogP) is 2.92. The molecule has 0 radical (unpaired) electrons. The zero-order valence-electron chi connectivity index (χ0n) is 10.9. The number of nitrogen functional groups attached to an aromatic ring is 1. The number of aromatic nitrogens is 1. The fraction of sp³-hybridized carbons (Fsp3) is 0.143. The topological polar surface area (TPSA) is 80.0 Å². The molecule has 98 valence electrons. The lowest BCUT2D eigenvalue weighted by molar-refractivity contribution is 0.262. The van der Waals surface area contributed by atoms with E-state index >= 15 is 0 Å². The molecule has 2 rings (SSSR count). The van der Waals surface area contributed by atoms with Crippen LogP contribution in [0.1, 0.15) is 11.1 Å². The van der Waals surface area contributed by atoms with E-state index in [2.05, 4.69) is 15.6 Å². The molecular weight excluding hydrogens is 240 g/mol. The fourth-order valence-electron chi connectivity index (χ4n) is 1.55. The molecule has 0 bridgehead atoms. The second-order valence-electron chi connectivity index (χ2n) is 4.37. The minimum Gasteiger partial charge on any atom is -0.397 e. The number of aryl methyl sites for hydroxylation is 2. The van der Waals surface area contributed by atoms with E-state index in [4.69, 9.17) is 5.73 Å². The maximum absolute atomic E-state index is 11.8. The Kier molecular flexibility index (Phi) is 3.66. The summed E-state index contributed by atoms with van der Waals surface area (Å²) in [5.74, 6) is 0.469. The Morgan fingerprint density at radius 3 is 2.47 bits per heavy atom. The van der Waals surface area contributed by atoms with Crippen molar-refractivity contribution in [1.29, 1.82) is 0 Å². The summed E-state index contributed by atoms with van der Waals surface area (Å²) < 4.78 is 0. The van der Waals surface area contributed by atoms with Crippen LogP contribution in [-0.4, -0.2) is 11.0 Å². The standard InChI is InChI=1S/C14H16N4O/c1-9-3-5-11(6-4-9)17-14(19)18-13-7-10(2)12(15)8-16-13/h3-8H,15H2,1-2H3,(H2,16,17,18,19). The van der Waals surface area contributed by atoms with E-state index < -0.39 is 0 Å². The first-order valence-corrected chi connectivity index (χ1v) is 5.91. The van der Waals surface area contributed by atoms with Crippen molar-refractivity contribution in [2.24, 2.45) is 0 Å². The van der Waals surface area contributed by atoms with Crippen LogP contribution in [-0.2, 0) is 0 Å². The molecule has 2 amide bonds. The SMILES string of the molecule is Cc1ccc(NC(=O)Nc2cc(C)c(N)cn2)cc1. The molecule has 0 aliphatic heterocycles. The van der Waals surface area contributed by atoms with Gasteiger partial charge in [-0.05, 0) is 37.6 Å². The van der Waals surface area contributed by atoms with E-state index in [1.807, 2.05) is 38.1 Å². The third kappa shape index (κ3) is 3.45. The largest absolute Gasteiger partial charge is 0.397 e. The van der Waals surface area contributed by atoms with Gasteiger partial charge in [0.15, 0.2) is 0 Å². The molecular formula is C14H16N4O. The molecule has 0 fully saturated rings. The molecule has 0 unspecified atom stereocenters. The van der Waals surface area contributed by atoms with Crippen LogP contribution >= 0.6 is 0 Å². The van der Waals surface area contributed by atoms with Gasteiger partial charge in [-0.1, -0.05) is 17.7 Å². The maximum atomic E-state index is 11.8. The van der Waals surface area contributed by atoms with Gasteiger partial charge in [0.05, 0.1) is 11.9 Å². The van der Waals surface area contributed by atoms with Crippen molar-refractivity contribution in [3.8, 4) is 0 Å². The average Bonchev–Trinajstić information content (AvgIpc) is 2.37. The summed E-state index contributed by atoms with van der Waals surface area (Å²) in [5, 5.41) is 5.39. The van der Waals surface area contributed by atoms with Gasteiger partial charge >= 0.3 is 6.03 Å². The molecule has 0 aliphatic carbocycles. The van der Waals surface area contributed by atoms with E-state index in [1.165, 1.54) is 6.20 Å². The molecule has 0 atom stereocenters. The minimum atomic E-state index is -0.333. The Labute approximate surface area is 111 Å². The number of hydrogen-bond acceptors (Lipinski definition) is 3. The fourth-order valence-corrected chi connectivity index (χ4v) is 1.55. The number of amides is 2. The number of hydrogen-bond donors (Lipinski definition) is 3. The van der Waals surface area contributed by atoms with Crippen molar-refractivity contribution in [3.05, 3.63) is 47.7 Å². The second kappa shape index (κ2) is 5.39. The van der Waals surface area contributed by atoms with Gasteiger partial charge in [-0.3, -0.25) is 5.32 Å². The van der Waals surface area contributed by atoms with Gasteiger partial charge in [-0.2, -0.15) is 0 Å². The Morgan fingerprint density at radius 1 is 1.16 bits per heavy atom. The average molecular weight is 256 g/mol. The number of nitrogens with one attached hydrogen (secondary N) is 2. The second-order valence-corrected chi connectivity index (χ2v) is 4.37. The predicted molar refractivity (Wildman–Crippen MR) is 77.2 cm³/mol. The van der Waals surface area contributed by atoms with Gasteiger partial charge in [0.1, 0.15) is 5.82 Å². The molecule has 1 heterocycles. The van der Waals surface area contributed by atoms with E-state index in [9.17, 15) is 4.79 Å². The zero-order chi connectivity index (χ0) is 13.8. The summed E-state index contributed by atoms with van der Waals surface area (Å²) in [6, 6.07) is 8.94. The van der Waals surface area contributed by atoms with E-state index in [0.29, 0.717) is 11.5 Å². The summed E-state index contributed by atoms with van der Waals surface area (Å²) in [6.45, 7) is 3.85. The van der Waals surface area contributed by atoms with Gasteiger partial charge in [-0.15, -0.1) is 0 Å². The van der Waals surface area contributed by atoms with Crippen molar-refractivity contribution in [1.82, 2.24) is 4.98 Å². The van der Waals surface area contributed by atoms with Crippen LogP contribution in [0.5, 0.6) is 0 Å². The quantitative estimate of drug-likeness (QED) is 0.772. The van der Waals surface area contributed by atoms with Crippen LogP contribution in [0.2, 0.25) is 0 Å². The minimum absolute atomic E-state index is 0.333. The first kappa shape index (κ1) is 12.9. The number of pyridine rings is 1. The van der Waals surface area contributed by atoms with Gasteiger partial charge in [0, 0.05) is 5.69 Å². The lowest BCUT2D eigenvalue weighted by Crippen LogP contribution is -2.20. The molecule has 0 aliphatic rings. The molecule has 1 aromatic heterocycles. The van der Waals surface area contributed by atoms with Crippen LogP contribution in [0.15, 0.2) is 36.5 Å². The van der Waals surface area contributed by atoms with Crippen molar-refractivity contribution < 1.29 is 4.79 Å². The summed E-state index contributed by atoms with van der Waals surface area (Å²) in [7, 11) is 0. The number of carbonyl (C=O) groups excluding carboxylic acids is 1. The highest BCUT2D eigenvalue weighted by Crippen LogP contribution is 2.14. The molecule has 4 N–H and O–H groups in total. The van der Waals surface area contributed by atoms with Crippen LogP contribution in [0.4, 0.5) is 22.0 Å². The number of carbonyl (C=O) groups is 1. The monoisotopic (exact) mass is 256 g/mol. The van der Waals surface area contributed by atoms with Crippen LogP contribution in [0, 0.1) is 13.8 Å². The first-order chi connectivity index (χ1) is 9.04. The smallest absolute Gasteiger partial charge is 0.324 e. The Bertz CT molecular complexity index is 593. The Morgan fingerprint density at radius 2 is 1.84 bits per heavy atom. The molecule has 2 aromatic rings. The Hall–Kier alpha value is -2.56. The molecule has 0 saturated carbocycles. The number of rotatable bonds is 2. The maximum Gasteiger partial charge on any atom is 0.324 e. The third-order valence-corrected chi connectivity index (χ3v) is 2.70. The third-order valence-electron chi connectivity index (χ3n) is 2.70. The van der Waals surface area contributed by atoms with E-state index in [0.717, 1.165) is 16.8 Å². The molecule has 0 saturated heterocycles.